The second-order valence-electron chi connectivity index (χ2n) is 6.82. The number of nitrogens with one attached hydrogen (secondary N) is 1. The van der Waals surface area contributed by atoms with Crippen molar-refractivity contribution in [3.63, 3.8) is 0 Å². The third-order valence-electron chi connectivity index (χ3n) is 4.46. The van der Waals surface area contributed by atoms with Gasteiger partial charge >= 0.3 is 0 Å². The number of Topliss-reactive ketones (excluding diaryl/α,β-unsaturated/α-hetero) is 1. The molecule has 2 aromatic carbocycles. The van der Waals surface area contributed by atoms with Crippen LogP contribution in [0.1, 0.15) is 28.7 Å². The van der Waals surface area contributed by atoms with Gasteiger partial charge in [0.1, 0.15) is 12.4 Å². The van der Waals surface area contributed by atoms with Crippen molar-refractivity contribution in [3.8, 4) is 5.75 Å². The van der Waals surface area contributed by atoms with Crippen LogP contribution in [0.2, 0.25) is 0 Å². The summed E-state index contributed by atoms with van der Waals surface area (Å²) in [7, 11) is 0. The number of aryl methyl sites for hydroxylation is 1. The van der Waals surface area contributed by atoms with E-state index in [2.05, 4.69) is 22.1 Å². The number of hydrogen-bond acceptors (Lipinski definition) is 6. The Hall–Kier alpha value is -3.39. The zero-order chi connectivity index (χ0) is 22.2. The summed E-state index contributed by atoms with van der Waals surface area (Å²) in [4.78, 5) is 23.7. The third kappa shape index (κ3) is 6.05. The van der Waals surface area contributed by atoms with Crippen LogP contribution in [-0.4, -0.2) is 32.2 Å². The first-order chi connectivity index (χ1) is 15.0. The average molecular weight is 437 g/mol. The molecule has 3 aromatic rings. The van der Waals surface area contributed by atoms with Crippen LogP contribution in [-0.2, 0) is 17.9 Å². The van der Waals surface area contributed by atoms with E-state index in [0.29, 0.717) is 28.8 Å². The van der Waals surface area contributed by atoms with Crippen molar-refractivity contribution in [3.05, 3.63) is 78.1 Å². The van der Waals surface area contributed by atoms with Gasteiger partial charge in [0.25, 0.3) is 0 Å². The number of para-hydroxylation sites is 1. The minimum Gasteiger partial charge on any atom is -0.485 e. The molecule has 1 aromatic heterocycles. The second-order valence-corrected chi connectivity index (χ2v) is 7.77. The maximum atomic E-state index is 12.3. The van der Waals surface area contributed by atoms with Crippen LogP contribution >= 0.6 is 11.8 Å². The van der Waals surface area contributed by atoms with Crippen molar-refractivity contribution < 1.29 is 14.3 Å². The molecule has 0 fully saturated rings. The van der Waals surface area contributed by atoms with Crippen LogP contribution in [0.3, 0.4) is 0 Å². The topological polar surface area (TPSA) is 86.1 Å². The molecule has 1 N–H and O–H groups in total. The highest BCUT2D eigenvalue weighted by molar-refractivity contribution is 7.99. The maximum Gasteiger partial charge on any atom is 0.234 e. The number of carbonyl (C=O) groups excluding carboxylic acids is 2. The largest absolute Gasteiger partial charge is 0.485 e. The molecule has 8 heteroatoms. The number of benzene rings is 2. The molecule has 1 heterocycles. The van der Waals surface area contributed by atoms with Crippen molar-refractivity contribution in [1.82, 2.24) is 14.8 Å². The number of hydrogen-bond donors (Lipinski definition) is 1. The van der Waals surface area contributed by atoms with Gasteiger partial charge in [-0.15, -0.1) is 16.8 Å². The molecule has 0 radical (unpaired) electrons. The fourth-order valence-corrected chi connectivity index (χ4v) is 3.59. The van der Waals surface area contributed by atoms with Gasteiger partial charge in [0.05, 0.1) is 5.75 Å². The SMILES string of the molecule is C=CCn1c(COc2ccccc2C)nnc1SCC(=O)Nc1ccc(C(C)=O)cc1. The Morgan fingerprint density at radius 3 is 2.58 bits per heavy atom. The minimum atomic E-state index is -0.175. The number of allylic oxidation sites excluding steroid dienone is 1. The van der Waals surface area contributed by atoms with E-state index in [0.717, 1.165) is 11.3 Å². The lowest BCUT2D eigenvalue weighted by atomic mass is 10.1. The van der Waals surface area contributed by atoms with Crippen molar-refractivity contribution in [2.75, 3.05) is 11.1 Å². The van der Waals surface area contributed by atoms with Crippen molar-refractivity contribution in [2.45, 2.75) is 32.2 Å². The van der Waals surface area contributed by atoms with Crippen LogP contribution in [0.4, 0.5) is 5.69 Å². The normalized spacial score (nSPS) is 10.5. The molecular formula is C23H24N4O3S. The van der Waals surface area contributed by atoms with Crippen LogP contribution in [0.5, 0.6) is 5.75 Å². The van der Waals surface area contributed by atoms with E-state index in [1.165, 1.54) is 18.7 Å². The summed E-state index contributed by atoms with van der Waals surface area (Å²) in [6.07, 6.45) is 1.75. The van der Waals surface area contributed by atoms with E-state index in [4.69, 9.17) is 4.74 Å². The van der Waals surface area contributed by atoms with Gasteiger partial charge < -0.3 is 10.1 Å². The zero-order valence-electron chi connectivity index (χ0n) is 17.5. The highest BCUT2D eigenvalue weighted by Crippen LogP contribution is 2.21. The predicted octanol–water partition coefficient (Wildman–Crippen LogP) is 4.28. The predicted molar refractivity (Wildman–Crippen MR) is 122 cm³/mol. The van der Waals surface area contributed by atoms with Gasteiger partial charge in [0.2, 0.25) is 5.91 Å². The standard InChI is InChI=1S/C23H24N4O3S/c1-4-13-27-21(14-30-20-8-6-5-7-16(20)2)25-26-23(27)31-15-22(29)24-19-11-9-18(10-12-19)17(3)28/h4-12H,1,13-15H2,2-3H3,(H,24,29). The molecule has 0 atom stereocenters. The fourth-order valence-electron chi connectivity index (χ4n) is 2.82. The van der Waals surface area contributed by atoms with Gasteiger partial charge in [-0.05, 0) is 49.7 Å². The van der Waals surface area contributed by atoms with E-state index < -0.39 is 0 Å². The third-order valence-corrected chi connectivity index (χ3v) is 5.43. The molecule has 0 aliphatic rings. The van der Waals surface area contributed by atoms with Gasteiger partial charge in [-0.2, -0.15) is 0 Å². The number of amides is 1. The average Bonchev–Trinajstić information content (AvgIpc) is 3.14. The van der Waals surface area contributed by atoms with E-state index >= 15 is 0 Å². The summed E-state index contributed by atoms with van der Waals surface area (Å²) in [5.41, 5.74) is 2.28. The van der Waals surface area contributed by atoms with Crippen LogP contribution < -0.4 is 10.1 Å². The molecule has 7 nitrogen and oxygen atoms in total. The van der Waals surface area contributed by atoms with Crippen LogP contribution in [0.25, 0.3) is 0 Å². The Labute approximate surface area is 185 Å². The Morgan fingerprint density at radius 2 is 1.90 bits per heavy atom. The summed E-state index contributed by atoms with van der Waals surface area (Å²) >= 11 is 1.29. The lowest BCUT2D eigenvalue weighted by molar-refractivity contribution is -0.113. The Kier molecular flexibility index (Phi) is 7.61. The Morgan fingerprint density at radius 1 is 1.16 bits per heavy atom. The van der Waals surface area contributed by atoms with Gasteiger partial charge in [0.15, 0.2) is 16.8 Å². The molecule has 0 unspecified atom stereocenters. The highest BCUT2D eigenvalue weighted by Gasteiger charge is 2.14. The molecule has 0 saturated carbocycles. The lowest BCUT2D eigenvalue weighted by Gasteiger charge is -2.10. The summed E-state index contributed by atoms with van der Waals surface area (Å²) in [6, 6.07) is 14.6. The number of aromatic nitrogens is 3. The number of anilines is 1. The quantitative estimate of drug-likeness (QED) is 0.290. The number of nitrogens with zero attached hydrogens (tertiary/aromatic N) is 3. The first-order valence-electron chi connectivity index (χ1n) is 9.73. The van der Waals surface area contributed by atoms with Crippen LogP contribution in [0.15, 0.2) is 66.3 Å². The molecule has 0 bridgehead atoms. The molecule has 1 amide bonds. The van der Waals surface area contributed by atoms with Crippen molar-refractivity contribution in [1.29, 1.82) is 0 Å². The number of carbonyl (C=O) groups is 2. The molecule has 31 heavy (non-hydrogen) atoms. The monoisotopic (exact) mass is 436 g/mol. The van der Waals surface area contributed by atoms with E-state index in [1.54, 1.807) is 30.3 Å². The number of ketones is 1. The van der Waals surface area contributed by atoms with Gasteiger partial charge in [-0.1, -0.05) is 36.0 Å². The zero-order valence-corrected chi connectivity index (χ0v) is 18.3. The second kappa shape index (κ2) is 10.6. The molecule has 3 rings (SSSR count). The molecule has 0 aliphatic carbocycles. The van der Waals surface area contributed by atoms with Crippen LogP contribution in [0, 0.1) is 6.92 Å². The Bertz CT molecular complexity index is 1080. The summed E-state index contributed by atoms with van der Waals surface area (Å²) in [5, 5.41) is 11.9. The molecular weight excluding hydrogens is 412 g/mol. The number of ether oxygens (including phenoxy) is 1. The molecule has 160 valence electrons. The summed E-state index contributed by atoms with van der Waals surface area (Å²) in [6.45, 7) is 8.05. The van der Waals surface area contributed by atoms with Crippen molar-refractivity contribution >= 4 is 29.1 Å². The first kappa shape index (κ1) is 22.3. The summed E-state index contributed by atoms with van der Waals surface area (Å²) in [5.74, 6) is 1.43. The van der Waals surface area contributed by atoms with Gasteiger partial charge in [-0.3, -0.25) is 14.2 Å². The van der Waals surface area contributed by atoms with E-state index in [9.17, 15) is 9.59 Å². The Balaban J connectivity index is 1.60. The van der Waals surface area contributed by atoms with Gasteiger partial charge in [0, 0.05) is 17.8 Å². The molecule has 0 aliphatic heterocycles. The van der Waals surface area contributed by atoms with Gasteiger partial charge in [-0.25, -0.2) is 0 Å². The maximum absolute atomic E-state index is 12.3. The number of rotatable bonds is 10. The molecule has 0 spiro atoms. The molecule has 0 saturated heterocycles. The lowest BCUT2D eigenvalue weighted by Crippen LogP contribution is -2.15. The minimum absolute atomic E-state index is 0.0165. The highest BCUT2D eigenvalue weighted by atomic mass is 32.2. The van der Waals surface area contributed by atoms with E-state index in [1.807, 2.05) is 35.8 Å². The smallest absolute Gasteiger partial charge is 0.234 e. The first-order valence-corrected chi connectivity index (χ1v) is 10.7. The van der Waals surface area contributed by atoms with E-state index in [-0.39, 0.29) is 24.1 Å². The number of thioether (sulfide) groups is 1. The summed E-state index contributed by atoms with van der Waals surface area (Å²) < 4.78 is 7.76. The van der Waals surface area contributed by atoms with Crippen molar-refractivity contribution in [2.24, 2.45) is 0 Å². The fraction of sp³-hybridized carbons (Fsp3) is 0.217.